The Morgan fingerprint density at radius 3 is 2.40 bits per heavy atom. The van der Waals surface area contributed by atoms with Crippen LogP contribution in [-0.4, -0.2) is 72.2 Å². The normalized spacial score (nSPS) is 20.8. The first-order chi connectivity index (χ1) is 9.58. The molecule has 2 N–H and O–H groups in total. The molecule has 0 bridgehead atoms. The molecule has 0 aromatic carbocycles. The van der Waals surface area contributed by atoms with Crippen molar-refractivity contribution in [2.75, 3.05) is 39.3 Å². The van der Waals surface area contributed by atoms with Gasteiger partial charge in [0, 0.05) is 38.8 Å². The van der Waals surface area contributed by atoms with Crippen LogP contribution in [0.3, 0.4) is 0 Å². The van der Waals surface area contributed by atoms with Crippen LogP contribution in [0.15, 0.2) is 0 Å². The highest BCUT2D eigenvalue weighted by atomic mass is 16.4. The fourth-order valence-electron chi connectivity index (χ4n) is 2.63. The van der Waals surface area contributed by atoms with Crippen molar-refractivity contribution in [2.45, 2.75) is 52.1 Å². The molecule has 0 amide bonds. The number of nitrogens with zero attached hydrogens (tertiary/aromatic N) is 2. The van der Waals surface area contributed by atoms with Crippen LogP contribution in [0.25, 0.3) is 0 Å². The number of rotatable bonds is 9. The van der Waals surface area contributed by atoms with Crippen molar-refractivity contribution in [3.8, 4) is 0 Å². The average molecular weight is 285 g/mol. The summed E-state index contributed by atoms with van der Waals surface area (Å²) < 4.78 is 0. The second kappa shape index (κ2) is 9.32. The molecule has 0 spiro atoms. The number of hydrogen-bond acceptors (Lipinski definition) is 4. The first kappa shape index (κ1) is 17.4. The molecule has 1 saturated heterocycles. The van der Waals surface area contributed by atoms with Crippen molar-refractivity contribution < 1.29 is 9.90 Å². The Morgan fingerprint density at radius 1 is 1.25 bits per heavy atom. The lowest BCUT2D eigenvalue weighted by Gasteiger charge is -2.38. The molecule has 0 saturated carbocycles. The second-order valence-corrected chi connectivity index (χ2v) is 5.77. The topological polar surface area (TPSA) is 55.8 Å². The Hall–Kier alpha value is -0.650. The SMILES string of the molecule is CCCNC(CCN1CCN(C(C)CC)CC1)C(=O)O. The first-order valence-electron chi connectivity index (χ1n) is 8.01. The minimum atomic E-state index is -0.725. The van der Waals surface area contributed by atoms with Crippen LogP contribution in [0, 0.1) is 0 Å². The summed E-state index contributed by atoms with van der Waals surface area (Å²) in [5.41, 5.74) is 0. The van der Waals surface area contributed by atoms with Gasteiger partial charge in [-0.05, 0) is 32.7 Å². The van der Waals surface area contributed by atoms with Crippen LogP contribution >= 0.6 is 0 Å². The van der Waals surface area contributed by atoms with E-state index in [9.17, 15) is 9.90 Å². The van der Waals surface area contributed by atoms with E-state index in [1.807, 2.05) is 0 Å². The summed E-state index contributed by atoms with van der Waals surface area (Å²) in [7, 11) is 0. The molecule has 1 rings (SSSR count). The maximum absolute atomic E-state index is 11.2. The van der Waals surface area contributed by atoms with Crippen molar-refractivity contribution in [1.29, 1.82) is 0 Å². The van der Waals surface area contributed by atoms with Crippen molar-refractivity contribution in [3.63, 3.8) is 0 Å². The molecule has 2 atom stereocenters. The molecule has 5 nitrogen and oxygen atoms in total. The van der Waals surface area contributed by atoms with Crippen molar-refractivity contribution in [3.05, 3.63) is 0 Å². The predicted octanol–water partition coefficient (Wildman–Crippen LogP) is 1.25. The van der Waals surface area contributed by atoms with E-state index in [-0.39, 0.29) is 0 Å². The minimum absolute atomic E-state index is 0.400. The van der Waals surface area contributed by atoms with Gasteiger partial charge in [-0.1, -0.05) is 13.8 Å². The molecule has 1 heterocycles. The third kappa shape index (κ3) is 5.77. The number of nitrogens with one attached hydrogen (secondary N) is 1. The zero-order valence-electron chi connectivity index (χ0n) is 13.3. The summed E-state index contributed by atoms with van der Waals surface area (Å²) in [6, 6.07) is 0.262. The van der Waals surface area contributed by atoms with Gasteiger partial charge in [0.25, 0.3) is 0 Å². The number of hydrogen-bond donors (Lipinski definition) is 2. The van der Waals surface area contributed by atoms with Gasteiger partial charge >= 0.3 is 5.97 Å². The lowest BCUT2D eigenvalue weighted by molar-refractivity contribution is -0.139. The molecular weight excluding hydrogens is 254 g/mol. The lowest BCUT2D eigenvalue weighted by atomic mass is 10.1. The minimum Gasteiger partial charge on any atom is -0.480 e. The van der Waals surface area contributed by atoms with Gasteiger partial charge in [0.2, 0.25) is 0 Å². The van der Waals surface area contributed by atoms with Gasteiger partial charge in [0.1, 0.15) is 6.04 Å². The summed E-state index contributed by atoms with van der Waals surface area (Å²) in [6.07, 6.45) is 2.86. The second-order valence-electron chi connectivity index (χ2n) is 5.77. The molecule has 20 heavy (non-hydrogen) atoms. The number of carbonyl (C=O) groups is 1. The monoisotopic (exact) mass is 285 g/mol. The molecule has 2 unspecified atom stereocenters. The van der Waals surface area contributed by atoms with E-state index in [2.05, 4.69) is 35.9 Å². The first-order valence-corrected chi connectivity index (χ1v) is 8.01. The van der Waals surface area contributed by atoms with E-state index >= 15 is 0 Å². The van der Waals surface area contributed by atoms with E-state index < -0.39 is 12.0 Å². The summed E-state index contributed by atoms with van der Waals surface area (Å²) in [5.74, 6) is -0.725. The predicted molar refractivity (Wildman–Crippen MR) is 82.1 cm³/mol. The van der Waals surface area contributed by atoms with Crippen molar-refractivity contribution in [2.24, 2.45) is 0 Å². The maximum atomic E-state index is 11.2. The Morgan fingerprint density at radius 2 is 1.90 bits per heavy atom. The third-order valence-corrected chi connectivity index (χ3v) is 4.29. The van der Waals surface area contributed by atoms with Gasteiger partial charge in [-0.15, -0.1) is 0 Å². The van der Waals surface area contributed by atoms with Crippen LogP contribution < -0.4 is 5.32 Å². The molecule has 5 heteroatoms. The number of aliphatic carboxylic acids is 1. The summed E-state index contributed by atoms with van der Waals surface area (Å²) >= 11 is 0. The van der Waals surface area contributed by atoms with Crippen LogP contribution in [-0.2, 0) is 4.79 Å². The van der Waals surface area contributed by atoms with Crippen LogP contribution in [0.5, 0.6) is 0 Å². The standard InChI is InChI=1S/C15H31N3O2/c1-4-7-16-14(15(19)20)6-8-17-9-11-18(12-10-17)13(3)5-2/h13-14,16H,4-12H2,1-3H3,(H,19,20). The Kier molecular flexibility index (Phi) is 8.11. The molecular formula is C15H31N3O2. The van der Waals surface area contributed by atoms with Gasteiger partial charge in [0.05, 0.1) is 0 Å². The molecule has 118 valence electrons. The third-order valence-electron chi connectivity index (χ3n) is 4.29. The largest absolute Gasteiger partial charge is 0.480 e. The highest BCUT2D eigenvalue weighted by Crippen LogP contribution is 2.09. The summed E-state index contributed by atoms with van der Waals surface area (Å²) in [6.45, 7) is 12.6. The van der Waals surface area contributed by atoms with Gasteiger partial charge in [-0.2, -0.15) is 0 Å². The molecule has 0 radical (unpaired) electrons. The zero-order chi connectivity index (χ0) is 15.0. The Bertz CT molecular complexity index is 278. The highest BCUT2D eigenvalue weighted by Gasteiger charge is 2.22. The van der Waals surface area contributed by atoms with E-state index in [1.54, 1.807) is 0 Å². The van der Waals surface area contributed by atoms with E-state index in [4.69, 9.17) is 0 Å². The maximum Gasteiger partial charge on any atom is 0.320 e. The zero-order valence-corrected chi connectivity index (χ0v) is 13.3. The van der Waals surface area contributed by atoms with Crippen LogP contribution in [0.4, 0.5) is 0 Å². The fourth-order valence-corrected chi connectivity index (χ4v) is 2.63. The molecule has 1 aliphatic rings. The highest BCUT2D eigenvalue weighted by molar-refractivity contribution is 5.73. The molecule has 1 aliphatic heterocycles. The van der Waals surface area contributed by atoms with E-state index in [1.165, 1.54) is 6.42 Å². The van der Waals surface area contributed by atoms with Crippen LogP contribution in [0.1, 0.15) is 40.0 Å². The smallest absolute Gasteiger partial charge is 0.320 e. The molecule has 1 fully saturated rings. The molecule has 0 aromatic rings. The molecule has 0 aromatic heterocycles. The fraction of sp³-hybridized carbons (Fsp3) is 0.933. The van der Waals surface area contributed by atoms with E-state index in [0.717, 1.165) is 45.7 Å². The summed E-state index contributed by atoms with van der Waals surface area (Å²) in [5, 5.41) is 12.3. The van der Waals surface area contributed by atoms with Gasteiger partial charge in [0.15, 0.2) is 0 Å². The molecule has 0 aliphatic carbocycles. The Balaban J connectivity index is 2.27. The van der Waals surface area contributed by atoms with Crippen molar-refractivity contribution >= 4 is 5.97 Å². The average Bonchev–Trinajstić information content (AvgIpc) is 2.46. The number of piperazine rings is 1. The number of carboxylic acid groups (broad SMARTS) is 1. The number of carboxylic acids is 1. The van der Waals surface area contributed by atoms with Crippen LogP contribution in [0.2, 0.25) is 0 Å². The van der Waals surface area contributed by atoms with Gasteiger partial charge in [-0.25, -0.2) is 0 Å². The lowest BCUT2D eigenvalue weighted by Crippen LogP contribution is -2.50. The summed E-state index contributed by atoms with van der Waals surface area (Å²) in [4.78, 5) is 16.1. The Labute approximate surface area is 123 Å². The van der Waals surface area contributed by atoms with E-state index in [0.29, 0.717) is 12.5 Å². The van der Waals surface area contributed by atoms with Gasteiger partial charge < -0.3 is 15.3 Å². The van der Waals surface area contributed by atoms with Crippen molar-refractivity contribution in [1.82, 2.24) is 15.1 Å². The quantitative estimate of drug-likeness (QED) is 0.668. The van der Waals surface area contributed by atoms with Gasteiger partial charge in [-0.3, -0.25) is 9.69 Å².